The molecule has 0 bridgehead atoms. The van der Waals surface area contributed by atoms with Gasteiger partial charge in [0.2, 0.25) is 0 Å². The normalized spacial score (nSPS) is 25.1. The van der Waals surface area contributed by atoms with Crippen molar-refractivity contribution in [2.24, 2.45) is 0 Å². The van der Waals surface area contributed by atoms with Crippen molar-refractivity contribution in [2.45, 2.75) is 63.0 Å². The summed E-state index contributed by atoms with van der Waals surface area (Å²) in [5, 5.41) is 12.2. The lowest BCUT2D eigenvalue weighted by atomic mass is 9.82. The minimum absolute atomic E-state index is 0.0710. The molecule has 1 aliphatic heterocycles. The van der Waals surface area contributed by atoms with Crippen molar-refractivity contribution < 1.29 is 19.4 Å². The highest BCUT2D eigenvalue weighted by Gasteiger charge is 2.41. The maximum absolute atomic E-state index is 12.3. The zero-order chi connectivity index (χ0) is 15.3. The van der Waals surface area contributed by atoms with Gasteiger partial charge >= 0.3 is 12.0 Å². The van der Waals surface area contributed by atoms with E-state index in [0.29, 0.717) is 19.4 Å². The number of nitrogens with zero attached hydrogens (tertiary/aromatic N) is 1. The average molecular weight is 298 g/mol. The topological polar surface area (TPSA) is 78.9 Å². The van der Waals surface area contributed by atoms with E-state index in [2.05, 4.69) is 5.32 Å². The van der Waals surface area contributed by atoms with Crippen molar-refractivity contribution in [1.29, 1.82) is 0 Å². The lowest BCUT2D eigenvalue weighted by Gasteiger charge is -2.36. The third-order valence-electron chi connectivity index (χ3n) is 4.56. The van der Waals surface area contributed by atoms with Gasteiger partial charge in [-0.2, -0.15) is 0 Å². The van der Waals surface area contributed by atoms with Crippen LogP contribution in [-0.2, 0) is 9.53 Å². The molecule has 6 heteroatoms. The fraction of sp³-hybridized carbons (Fsp3) is 0.867. The van der Waals surface area contributed by atoms with Gasteiger partial charge in [0.15, 0.2) is 0 Å². The number of amides is 2. The van der Waals surface area contributed by atoms with Gasteiger partial charge in [0, 0.05) is 20.2 Å². The first kappa shape index (κ1) is 16.1. The number of urea groups is 1. The van der Waals surface area contributed by atoms with E-state index in [1.807, 2.05) is 0 Å². The monoisotopic (exact) mass is 298 g/mol. The molecule has 21 heavy (non-hydrogen) atoms. The van der Waals surface area contributed by atoms with Crippen molar-refractivity contribution >= 4 is 12.0 Å². The number of rotatable bonds is 4. The average Bonchev–Trinajstić information content (AvgIpc) is 2.49. The highest BCUT2D eigenvalue weighted by molar-refractivity contribution is 5.86. The molecule has 0 aromatic heterocycles. The molecule has 0 aromatic carbocycles. The number of carboxylic acids is 1. The van der Waals surface area contributed by atoms with Crippen molar-refractivity contribution in [1.82, 2.24) is 10.2 Å². The number of hydrogen-bond acceptors (Lipinski definition) is 3. The minimum atomic E-state index is -1.09. The smallest absolute Gasteiger partial charge is 0.329 e. The second-order valence-corrected chi connectivity index (χ2v) is 6.25. The summed E-state index contributed by atoms with van der Waals surface area (Å²) in [7, 11) is 1.70. The number of carbonyl (C=O) groups excluding carboxylic acids is 1. The van der Waals surface area contributed by atoms with Gasteiger partial charge in [-0.3, -0.25) is 0 Å². The maximum Gasteiger partial charge on any atom is 0.329 e. The molecule has 1 heterocycles. The van der Waals surface area contributed by atoms with Crippen LogP contribution in [0.2, 0.25) is 0 Å². The number of nitrogens with one attached hydrogen (secondary N) is 1. The van der Waals surface area contributed by atoms with Crippen LogP contribution in [0.4, 0.5) is 4.79 Å². The molecule has 2 N–H and O–H groups in total. The molecule has 1 aliphatic carbocycles. The summed E-state index contributed by atoms with van der Waals surface area (Å²) in [6, 6.07) is -0.312. The van der Waals surface area contributed by atoms with Crippen LogP contribution in [-0.4, -0.2) is 53.8 Å². The molecular formula is C15H26N2O4. The molecule has 0 spiro atoms. The zero-order valence-corrected chi connectivity index (χ0v) is 12.8. The van der Waals surface area contributed by atoms with Crippen LogP contribution >= 0.6 is 0 Å². The predicted octanol–water partition coefficient (Wildman–Crippen LogP) is 1.98. The van der Waals surface area contributed by atoms with E-state index in [-0.39, 0.29) is 12.1 Å². The fourth-order valence-electron chi connectivity index (χ4n) is 3.19. The lowest BCUT2D eigenvalue weighted by molar-refractivity contribution is -0.146. The minimum Gasteiger partial charge on any atom is -0.480 e. The Kier molecular flexibility index (Phi) is 5.45. The Labute approximate surface area is 125 Å². The standard InChI is InChI=1S/C15H26N2O4/c1-17(11-12-7-3-6-10-21-12)14(20)16-15(13(18)19)8-4-2-5-9-15/h12H,2-11H2,1H3,(H,16,20)(H,18,19). The van der Waals surface area contributed by atoms with E-state index < -0.39 is 11.5 Å². The van der Waals surface area contributed by atoms with Crippen LogP contribution < -0.4 is 5.32 Å². The summed E-state index contributed by atoms with van der Waals surface area (Å²) >= 11 is 0. The van der Waals surface area contributed by atoms with Gasteiger partial charge in [-0.1, -0.05) is 19.3 Å². The summed E-state index contributed by atoms with van der Waals surface area (Å²) < 4.78 is 5.62. The van der Waals surface area contributed by atoms with E-state index in [9.17, 15) is 14.7 Å². The molecule has 2 amide bonds. The first-order chi connectivity index (χ1) is 10.0. The van der Waals surface area contributed by atoms with Crippen LogP contribution in [0.15, 0.2) is 0 Å². The number of carboxylic acid groups (broad SMARTS) is 1. The molecule has 0 radical (unpaired) electrons. The number of likely N-dealkylation sites (N-methyl/N-ethyl adjacent to an activating group) is 1. The van der Waals surface area contributed by atoms with E-state index >= 15 is 0 Å². The van der Waals surface area contributed by atoms with Crippen molar-refractivity contribution in [2.75, 3.05) is 20.2 Å². The fourth-order valence-corrected chi connectivity index (χ4v) is 3.19. The Morgan fingerprint density at radius 2 is 1.95 bits per heavy atom. The Morgan fingerprint density at radius 3 is 2.52 bits per heavy atom. The summed E-state index contributed by atoms with van der Waals surface area (Å²) in [6.45, 7) is 1.26. The highest BCUT2D eigenvalue weighted by Crippen LogP contribution is 2.28. The Balaban J connectivity index is 1.90. The van der Waals surface area contributed by atoms with Crippen molar-refractivity contribution in [3.05, 3.63) is 0 Å². The van der Waals surface area contributed by atoms with Gasteiger partial charge in [-0.05, 0) is 32.1 Å². The number of ether oxygens (including phenoxy) is 1. The molecule has 120 valence electrons. The summed E-state index contributed by atoms with van der Waals surface area (Å²) in [5.41, 5.74) is -1.09. The number of aliphatic carboxylic acids is 1. The molecule has 1 atom stereocenters. The maximum atomic E-state index is 12.3. The first-order valence-corrected chi connectivity index (χ1v) is 7.92. The van der Waals surface area contributed by atoms with Crippen molar-refractivity contribution in [3.8, 4) is 0 Å². The molecule has 2 aliphatic rings. The van der Waals surface area contributed by atoms with E-state index in [1.165, 1.54) is 0 Å². The molecule has 0 aromatic rings. The predicted molar refractivity (Wildman–Crippen MR) is 78.2 cm³/mol. The summed E-state index contributed by atoms with van der Waals surface area (Å²) in [5.74, 6) is -0.919. The van der Waals surface area contributed by atoms with Crippen LogP contribution in [0.1, 0.15) is 51.4 Å². The van der Waals surface area contributed by atoms with Gasteiger partial charge in [-0.15, -0.1) is 0 Å². The van der Waals surface area contributed by atoms with Gasteiger partial charge in [0.25, 0.3) is 0 Å². The van der Waals surface area contributed by atoms with Crippen LogP contribution in [0.3, 0.4) is 0 Å². The van der Waals surface area contributed by atoms with Gasteiger partial charge in [-0.25, -0.2) is 9.59 Å². The van der Waals surface area contributed by atoms with Crippen LogP contribution in [0.5, 0.6) is 0 Å². The SMILES string of the molecule is CN(CC1CCCCO1)C(=O)NC1(C(=O)O)CCCCC1. The van der Waals surface area contributed by atoms with Crippen LogP contribution in [0, 0.1) is 0 Å². The Hall–Kier alpha value is -1.30. The van der Waals surface area contributed by atoms with E-state index in [0.717, 1.165) is 45.1 Å². The second-order valence-electron chi connectivity index (χ2n) is 6.25. The van der Waals surface area contributed by atoms with Crippen molar-refractivity contribution in [3.63, 3.8) is 0 Å². The first-order valence-electron chi connectivity index (χ1n) is 7.92. The second kappa shape index (κ2) is 7.11. The summed E-state index contributed by atoms with van der Waals surface area (Å²) in [6.07, 6.45) is 7.00. The van der Waals surface area contributed by atoms with Gasteiger partial charge in [0.1, 0.15) is 5.54 Å². The Morgan fingerprint density at radius 1 is 1.24 bits per heavy atom. The van der Waals surface area contributed by atoms with Gasteiger partial charge < -0.3 is 20.1 Å². The third-order valence-corrected chi connectivity index (χ3v) is 4.56. The lowest BCUT2D eigenvalue weighted by Crippen LogP contribution is -2.58. The van der Waals surface area contributed by atoms with E-state index in [4.69, 9.17) is 4.74 Å². The quantitative estimate of drug-likeness (QED) is 0.832. The largest absolute Gasteiger partial charge is 0.480 e. The summed E-state index contributed by atoms with van der Waals surface area (Å²) in [4.78, 5) is 25.4. The van der Waals surface area contributed by atoms with Crippen LogP contribution in [0.25, 0.3) is 0 Å². The molecule has 6 nitrogen and oxygen atoms in total. The molecule has 2 rings (SSSR count). The third kappa shape index (κ3) is 4.09. The molecule has 1 saturated carbocycles. The van der Waals surface area contributed by atoms with Gasteiger partial charge in [0.05, 0.1) is 6.10 Å². The molecule has 1 saturated heterocycles. The highest BCUT2D eigenvalue weighted by atomic mass is 16.5. The number of carbonyl (C=O) groups is 2. The molecular weight excluding hydrogens is 272 g/mol. The van der Waals surface area contributed by atoms with E-state index in [1.54, 1.807) is 11.9 Å². The number of hydrogen-bond donors (Lipinski definition) is 2. The zero-order valence-electron chi connectivity index (χ0n) is 12.8. The Bertz CT molecular complexity index is 374. The molecule has 2 fully saturated rings. The molecule has 1 unspecified atom stereocenters.